The highest BCUT2D eigenvalue weighted by atomic mass is 16.5. The molecule has 1 aromatic carbocycles. The predicted octanol–water partition coefficient (Wildman–Crippen LogP) is 3.49. The summed E-state index contributed by atoms with van der Waals surface area (Å²) in [5, 5.41) is 0. The fourth-order valence-electron chi connectivity index (χ4n) is 1.60. The minimum atomic E-state index is -0.231. The number of ketones is 1. The standard InChI is InChI=1S/C16H20O3/c1-4-19-15(17)7-5-6-13-8-10-14(11-9-13)16(18)12(2)3/h5-6,8-12H,4,7H2,1-3H3. The molecule has 0 saturated carbocycles. The fourth-order valence-corrected chi connectivity index (χ4v) is 1.60. The van der Waals surface area contributed by atoms with Crippen molar-refractivity contribution in [1.29, 1.82) is 0 Å². The minimum Gasteiger partial charge on any atom is -0.466 e. The van der Waals surface area contributed by atoms with Crippen LogP contribution in [0.25, 0.3) is 6.08 Å². The summed E-state index contributed by atoms with van der Waals surface area (Å²) < 4.78 is 4.82. The molecule has 102 valence electrons. The Bertz CT molecular complexity index is 455. The van der Waals surface area contributed by atoms with E-state index >= 15 is 0 Å². The van der Waals surface area contributed by atoms with Crippen molar-refractivity contribution in [2.45, 2.75) is 27.2 Å². The highest BCUT2D eigenvalue weighted by molar-refractivity contribution is 5.97. The molecule has 0 spiro atoms. The van der Waals surface area contributed by atoms with Gasteiger partial charge in [0.2, 0.25) is 0 Å². The first kappa shape index (κ1) is 15.2. The molecule has 0 radical (unpaired) electrons. The molecule has 0 aliphatic heterocycles. The lowest BCUT2D eigenvalue weighted by Crippen LogP contribution is -2.06. The molecule has 0 bridgehead atoms. The zero-order chi connectivity index (χ0) is 14.3. The van der Waals surface area contributed by atoms with Gasteiger partial charge in [-0.1, -0.05) is 50.3 Å². The van der Waals surface area contributed by atoms with Crippen LogP contribution in [0.4, 0.5) is 0 Å². The first-order chi connectivity index (χ1) is 9.04. The summed E-state index contributed by atoms with van der Waals surface area (Å²) >= 11 is 0. The molecule has 0 N–H and O–H groups in total. The second-order valence-electron chi connectivity index (χ2n) is 4.55. The second kappa shape index (κ2) is 7.52. The van der Waals surface area contributed by atoms with Crippen molar-refractivity contribution < 1.29 is 14.3 Å². The molecule has 19 heavy (non-hydrogen) atoms. The summed E-state index contributed by atoms with van der Waals surface area (Å²) in [5.74, 6) is -0.0855. The number of Topliss-reactive ketones (excluding diaryl/α,β-unsaturated/α-hetero) is 1. The average molecular weight is 260 g/mol. The van der Waals surface area contributed by atoms with Crippen LogP contribution >= 0.6 is 0 Å². The van der Waals surface area contributed by atoms with Crippen LogP contribution < -0.4 is 0 Å². The Morgan fingerprint density at radius 2 is 1.84 bits per heavy atom. The van der Waals surface area contributed by atoms with Crippen LogP contribution in [-0.2, 0) is 9.53 Å². The topological polar surface area (TPSA) is 43.4 Å². The summed E-state index contributed by atoms with van der Waals surface area (Å²) in [6, 6.07) is 7.37. The lowest BCUT2D eigenvalue weighted by Gasteiger charge is -2.04. The van der Waals surface area contributed by atoms with Gasteiger partial charge in [0.05, 0.1) is 13.0 Å². The number of esters is 1. The van der Waals surface area contributed by atoms with E-state index < -0.39 is 0 Å². The zero-order valence-corrected chi connectivity index (χ0v) is 11.7. The van der Waals surface area contributed by atoms with Gasteiger partial charge in [-0.3, -0.25) is 9.59 Å². The van der Waals surface area contributed by atoms with Crippen molar-refractivity contribution in [3.05, 3.63) is 41.5 Å². The number of hydrogen-bond donors (Lipinski definition) is 0. The summed E-state index contributed by atoms with van der Waals surface area (Å²) in [7, 11) is 0. The third kappa shape index (κ3) is 5.08. The minimum absolute atomic E-state index is 0.00482. The van der Waals surface area contributed by atoms with E-state index in [1.54, 1.807) is 13.0 Å². The second-order valence-corrected chi connectivity index (χ2v) is 4.55. The van der Waals surface area contributed by atoms with Crippen LogP contribution in [0.5, 0.6) is 0 Å². The molecule has 1 rings (SSSR count). The van der Waals surface area contributed by atoms with Gasteiger partial charge in [0.1, 0.15) is 0 Å². The lowest BCUT2D eigenvalue weighted by molar-refractivity contribution is -0.142. The maximum Gasteiger partial charge on any atom is 0.309 e. The first-order valence-electron chi connectivity index (χ1n) is 6.51. The van der Waals surface area contributed by atoms with Crippen LogP contribution in [0.1, 0.15) is 43.1 Å². The van der Waals surface area contributed by atoms with Crippen molar-refractivity contribution in [2.75, 3.05) is 6.61 Å². The molecule has 0 fully saturated rings. The molecule has 0 aromatic heterocycles. The van der Waals surface area contributed by atoms with Gasteiger partial charge in [-0.25, -0.2) is 0 Å². The fraction of sp³-hybridized carbons (Fsp3) is 0.375. The SMILES string of the molecule is CCOC(=O)CC=Cc1ccc(C(=O)C(C)C)cc1. The third-order valence-corrected chi connectivity index (χ3v) is 2.62. The molecular weight excluding hydrogens is 240 g/mol. The molecule has 0 saturated heterocycles. The van der Waals surface area contributed by atoms with Gasteiger partial charge in [-0.2, -0.15) is 0 Å². The molecule has 0 aliphatic rings. The summed E-state index contributed by atoms with van der Waals surface area (Å²) in [4.78, 5) is 22.9. The number of hydrogen-bond acceptors (Lipinski definition) is 3. The first-order valence-corrected chi connectivity index (χ1v) is 6.51. The van der Waals surface area contributed by atoms with Crippen LogP contribution in [0.2, 0.25) is 0 Å². The maximum absolute atomic E-state index is 11.8. The Balaban J connectivity index is 2.60. The Morgan fingerprint density at radius 3 is 2.37 bits per heavy atom. The van der Waals surface area contributed by atoms with E-state index in [0.29, 0.717) is 6.61 Å². The molecular formula is C16H20O3. The number of rotatable bonds is 6. The Kier molecular flexibility index (Phi) is 6.00. The van der Waals surface area contributed by atoms with Crippen LogP contribution in [-0.4, -0.2) is 18.4 Å². The molecule has 0 atom stereocenters. The van der Waals surface area contributed by atoms with E-state index in [2.05, 4.69) is 0 Å². The molecule has 0 heterocycles. The number of ether oxygens (including phenoxy) is 1. The zero-order valence-electron chi connectivity index (χ0n) is 11.7. The molecule has 0 aliphatic carbocycles. The predicted molar refractivity (Wildman–Crippen MR) is 75.9 cm³/mol. The normalized spacial score (nSPS) is 10.9. The summed E-state index contributed by atoms with van der Waals surface area (Å²) in [5.41, 5.74) is 1.68. The van der Waals surface area contributed by atoms with Gasteiger partial charge in [-0.15, -0.1) is 0 Å². The van der Waals surface area contributed by atoms with E-state index in [1.807, 2.05) is 44.2 Å². The number of carbonyl (C=O) groups excluding carboxylic acids is 2. The van der Waals surface area contributed by atoms with E-state index in [-0.39, 0.29) is 24.1 Å². The average Bonchev–Trinajstić information content (AvgIpc) is 2.39. The van der Waals surface area contributed by atoms with Crippen molar-refractivity contribution in [3.63, 3.8) is 0 Å². The molecule has 3 nitrogen and oxygen atoms in total. The van der Waals surface area contributed by atoms with Gasteiger partial charge < -0.3 is 4.74 Å². The highest BCUT2D eigenvalue weighted by Crippen LogP contribution is 2.11. The Labute approximate surface area is 114 Å². The van der Waals surface area contributed by atoms with Crippen molar-refractivity contribution in [1.82, 2.24) is 0 Å². The smallest absolute Gasteiger partial charge is 0.309 e. The molecule has 0 amide bonds. The van der Waals surface area contributed by atoms with E-state index in [1.165, 1.54) is 0 Å². The van der Waals surface area contributed by atoms with E-state index in [4.69, 9.17) is 4.74 Å². The van der Waals surface area contributed by atoms with Gasteiger partial charge in [0, 0.05) is 11.5 Å². The van der Waals surface area contributed by atoms with Gasteiger partial charge in [0.25, 0.3) is 0 Å². The van der Waals surface area contributed by atoms with Crippen LogP contribution in [0, 0.1) is 5.92 Å². The summed E-state index contributed by atoms with van der Waals surface area (Å²) in [6.45, 7) is 5.95. The van der Waals surface area contributed by atoms with Crippen LogP contribution in [0.15, 0.2) is 30.3 Å². The third-order valence-electron chi connectivity index (χ3n) is 2.62. The maximum atomic E-state index is 11.8. The number of carbonyl (C=O) groups is 2. The van der Waals surface area contributed by atoms with Crippen molar-refractivity contribution in [3.8, 4) is 0 Å². The lowest BCUT2D eigenvalue weighted by atomic mass is 10.00. The van der Waals surface area contributed by atoms with Gasteiger partial charge >= 0.3 is 5.97 Å². The van der Waals surface area contributed by atoms with E-state index in [9.17, 15) is 9.59 Å². The van der Waals surface area contributed by atoms with Gasteiger partial charge in [-0.05, 0) is 12.5 Å². The highest BCUT2D eigenvalue weighted by Gasteiger charge is 2.09. The van der Waals surface area contributed by atoms with Crippen molar-refractivity contribution in [2.24, 2.45) is 5.92 Å². The monoisotopic (exact) mass is 260 g/mol. The Hall–Kier alpha value is -1.90. The number of benzene rings is 1. The molecule has 1 aromatic rings. The quantitative estimate of drug-likeness (QED) is 0.581. The van der Waals surface area contributed by atoms with Crippen molar-refractivity contribution >= 4 is 17.8 Å². The largest absolute Gasteiger partial charge is 0.466 e. The summed E-state index contributed by atoms with van der Waals surface area (Å²) in [6.07, 6.45) is 3.87. The molecule has 3 heteroatoms. The van der Waals surface area contributed by atoms with E-state index in [0.717, 1.165) is 11.1 Å². The Morgan fingerprint density at radius 1 is 1.21 bits per heavy atom. The molecule has 0 unspecified atom stereocenters. The van der Waals surface area contributed by atoms with Crippen LogP contribution in [0.3, 0.4) is 0 Å². The van der Waals surface area contributed by atoms with Gasteiger partial charge in [0.15, 0.2) is 5.78 Å².